The van der Waals surface area contributed by atoms with E-state index in [0.29, 0.717) is 6.54 Å². The van der Waals surface area contributed by atoms with Crippen LogP contribution in [0, 0.1) is 0 Å². The zero-order valence-electron chi connectivity index (χ0n) is 16.0. The third-order valence-corrected chi connectivity index (χ3v) is 4.76. The number of nitrogens with zero attached hydrogens (tertiary/aromatic N) is 4. The molecule has 0 amide bonds. The Kier molecular flexibility index (Phi) is 7.18. The molecule has 1 saturated heterocycles. The number of halogens is 1. The van der Waals surface area contributed by atoms with Crippen LogP contribution >= 0.6 is 24.0 Å². The lowest BCUT2D eigenvalue weighted by atomic mass is 10.2. The Morgan fingerprint density at radius 3 is 2.71 bits per heavy atom. The van der Waals surface area contributed by atoms with Crippen LogP contribution in [-0.2, 0) is 6.54 Å². The summed E-state index contributed by atoms with van der Waals surface area (Å²) in [6, 6.07) is 12.0. The van der Waals surface area contributed by atoms with Gasteiger partial charge < -0.3 is 24.6 Å². The summed E-state index contributed by atoms with van der Waals surface area (Å²) < 4.78 is 11.0. The molecular formula is C20H26IN5O2. The number of hydrogen-bond donors (Lipinski definition) is 1. The van der Waals surface area contributed by atoms with Gasteiger partial charge in [-0.05, 0) is 25.1 Å². The topological polar surface area (TPSA) is 62.2 Å². The summed E-state index contributed by atoms with van der Waals surface area (Å²) in [4.78, 5) is 13.9. The van der Waals surface area contributed by atoms with E-state index in [1.807, 2.05) is 36.5 Å². The molecule has 1 aromatic carbocycles. The largest absolute Gasteiger partial charge is 0.454 e. The number of rotatable bonds is 4. The fraction of sp³-hybridized carbons (Fsp3) is 0.400. The molecule has 2 aliphatic rings. The maximum absolute atomic E-state index is 5.59. The fourth-order valence-corrected chi connectivity index (χ4v) is 3.39. The number of benzene rings is 1. The van der Waals surface area contributed by atoms with Gasteiger partial charge in [0.25, 0.3) is 0 Å². The van der Waals surface area contributed by atoms with Crippen LogP contribution in [0.3, 0.4) is 0 Å². The van der Waals surface area contributed by atoms with Gasteiger partial charge in [0.2, 0.25) is 6.79 Å². The highest BCUT2D eigenvalue weighted by atomic mass is 127. The Morgan fingerprint density at radius 1 is 1.11 bits per heavy atom. The lowest BCUT2D eigenvalue weighted by Crippen LogP contribution is -2.52. The van der Waals surface area contributed by atoms with Crippen molar-refractivity contribution in [1.82, 2.24) is 15.2 Å². The molecule has 0 saturated carbocycles. The Hall–Kier alpha value is -2.23. The maximum Gasteiger partial charge on any atom is 0.231 e. The minimum absolute atomic E-state index is 0. The van der Waals surface area contributed by atoms with Crippen molar-refractivity contribution in [3.63, 3.8) is 0 Å². The third kappa shape index (κ3) is 4.60. The average Bonchev–Trinajstić information content (AvgIpc) is 3.21. The van der Waals surface area contributed by atoms with Gasteiger partial charge in [-0.2, -0.15) is 0 Å². The van der Waals surface area contributed by atoms with Crippen molar-refractivity contribution in [3.8, 4) is 11.5 Å². The Morgan fingerprint density at radius 2 is 1.96 bits per heavy atom. The highest BCUT2D eigenvalue weighted by molar-refractivity contribution is 14.0. The molecule has 0 radical (unpaired) electrons. The van der Waals surface area contributed by atoms with E-state index in [4.69, 9.17) is 14.5 Å². The molecule has 0 aliphatic carbocycles. The molecule has 4 rings (SSSR count). The van der Waals surface area contributed by atoms with Gasteiger partial charge in [0.15, 0.2) is 17.5 Å². The number of fused-ring (bicyclic) bond motifs is 1. The second kappa shape index (κ2) is 9.81. The first-order valence-corrected chi connectivity index (χ1v) is 9.42. The first-order valence-electron chi connectivity index (χ1n) is 9.42. The van der Waals surface area contributed by atoms with E-state index in [1.165, 1.54) is 0 Å². The summed E-state index contributed by atoms with van der Waals surface area (Å²) >= 11 is 0. The van der Waals surface area contributed by atoms with Gasteiger partial charge in [-0.1, -0.05) is 18.2 Å². The number of guanidine groups is 1. The van der Waals surface area contributed by atoms with Crippen molar-refractivity contribution in [2.75, 3.05) is 44.4 Å². The summed E-state index contributed by atoms with van der Waals surface area (Å²) in [5, 5.41) is 3.41. The molecule has 7 nitrogen and oxygen atoms in total. The molecule has 1 aromatic heterocycles. The van der Waals surface area contributed by atoms with E-state index in [9.17, 15) is 0 Å². The van der Waals surface area contributed by atoms with Gasteiger partial charge in [-0.3, -0.25) is 0 Å². The van der Waals surface area contributed by atoms with Gasteiger partial charge in [0.1, 0.15) is 5.82 Å². The van der Waals surface area contributed by atoms with Gasteiger partial charge in [0, 0.05) is 44.5 Å². The van der Waals surface area contributed by atoms with Crippen molar-refractivity contribution >= 4 is 35.8 Å². The molecule has 8 heteroatoms. The van der Waals surface area contributed by atoms with Crippen LogP contribution in [0.1, 0.15) is 12.5 Å². The Bertz CT molecular complexity index is 794. The van der Waals surface area contributed by atoms with Crippen LogP contribution in [0.5, 0.6) is 11.5 Å². The van der Waals surface area contributed by atoms with Crippen molar-refractivity contribution < 1.29 is 9.47 Å². The molecule has 2 aliphatic heterocycles. The van der Waals surface area contributed by atoms with E-state index in [1.54, 1.807) is 0 Å². The normalized spacial score (nSPS) is 16.0. The first kappa shape index (κ1) is 20.5. The lowest BCUT2D eigenvalue weighted by molar-refractivity contribution is 0.173. The molecule has 150 valence electrons. The summed E-state index contributed by atoms with van der Waals surface area (Å²) in [6.45, 7) is 7.46. The number of piperazine rings is 1. The average molecular weight is 495 g/mol. The van der Waals surface area contributed by atoms with E-state index in [-0.39, 0.29) is 30.8 Å². The minimum atomic E-state index is 0. The van der Waals surface area contributed by atoms with E-state index in [2.05, 4.69) is 33.1 Å². The number of nitrogens with one attached hydrogen (secondary N) is 1. The van der Waals surface area contributed by atoms with Crippen molar-refractivity contribution in [1.29, 1.82) is 0 Å². The molecule has 0 unspecified atom stereocenters. The molecular weight excluding hydrogens is 469 g/mol. The van der Waals surface area contributed by atoms with E-state index >= 15 is 0 Å². The maximum atomic E-state index is 5.59. The van der Waals surface area contributed by atoms with E-state index in [0.717, 1.165) is 61.6 Å². The van der Waals surface area contributed by atoms with Crippen LogP contribution < -0.4 is 19.7 Å². The molecule has 3 heterocycles. The quantitative estimate of drug-likeness (QED) is 0.400. The third-order valence-electron chi connectivity index (χ3n) is 4.76. The van der Waals surface area contributed by atoms with Gasteiger partial charge >= 0.3 is 0 Å². The zero-order valence-corrected chi connectivity index (χ0v) is 18.3. The molecule has 1 fully saturated rings. The van der Waals surface area contributed by atoms with Gasteiger partial charge in [0.05, 0.1) is 6.54 Å². The van der Waals surface area contributed by atoms with Crippen molar-refractivity contribution in [2.24, 2.45) is 4.99 Å². The number of hydrogen-bond acceptors (Lipinski definition) is 5. The summed E-state index contributed by atoms with van der Waals surface area (Å²) in [6.07, 6.45) is 1.84. The number of pyridine rings is 1. The highest BCUT2D eigenvalue weighted by Crippen LogP contribution is 2.35. The summed E-state index contributed by atoms with van der Waals surface area (Å²) in [5.74, 6) is 3.60. The smallest absolute Gasteiger partial charge is 0.231 e. The van der Waals surface area contributed by atoms with Crippen molar-refractivity contribution in [3.05, 3.63) is 48.2 Å². The summed E-state index contributed by atoms with van der Waals surface area (Å²) in [5.41, 5.74) is 1.05. The Labute approximate surface area is 182 Å². The molecule has 0 spiro atoms. The number of aromatic nitrogens is 1. The number of anilines is 1. The second-order valence-electron chi connectivity index (χ2n) is 6.48. The fourth-order valence-electron chi connectivity index (χ4n) is 3.39. The minimum Gasteiger partial charge on any atom is -0.454 e. The van der Waals surface area contributed by atoms with Crippen LogP contribution in [0.2, 0.25) is 0 Å². The predicted octanol–water partition coefficient (Wildman–Crippen LogP) is 2.72. The van der Waals surface area contributed by atoms with Crippen molar-refractivity contribution in [2.45, 2.75) is 13.5 Å². The summed E-state index contributed by atoms with van der Waals surface area (Å²) in [7, 11) is 0. The Balaban J connectivity index is 0.00000225. The SMILES string of the molecule is CCNC(=NCc1cccc2c1OCO2)N1CCN(c2ccccn2)CC1.I. The standard InChI is InChI=1S/C20H25N5O2.HI/c1-2-21-20(23-14-16-6-5-7-17-19(16)27-15-26-17)25-12-10-24(11-13-25)18-8-3-4-9-22-18;/h3-9H,2,10-15H2,1H3,(H,21,23);1H. The van der Waals surface area contributed by atoms with Gasteiger partial charge in [-0.25, -0.2) is 9.98 Å². The highest BCUT2D eigenvalue weighted by Gasteiger charge is 2.21. The molecule has 0 bridgehead atoms. The number of ether oxygens (including phenoxy) is 2. The number of para-hydroxylation sites is 1. The zero-order chi connectivity index (χ0) is 18.5. The second-order valence-corrected chi connectivity index (χ2v) is 6.48. The monoisotopic (exact) mass is 495 g/mol. The van der Waals surface area contributed by atoms with E-state index < -0.39 is 0 Å². The van der Waals surface area contributed by atoms with Crippen LogP contribution in [0.15, 0.2) is 47.6 Å². The van der Waals surface area contributed by atoms with Crippen LogP contribution in [-0.4, -0.2) is 55.4 Å². The molecule has 2 aromatic rings. The molecule has 0 atom stereocenters. The molecule has 28 heavy (non-hydrogen) atoms. The van der Waals surface area contributed by atoms with Crippen LogP contribution in [0.25, 0.3) is 0 Å². The number of aliphatic imine (C=N–C) groups is 1. The predicted molar refractivity (Wildman–Crippen MR) is 121 cm³/mol. The lowest BCUT2D eigenvalue weighted by Gasteiger charge is -2.37. The van der Waals surface area contributed by atoms with Gasteiger partial charge in [-0.15, -0.1) is 24.0 Å². The van der Waals surface area contributed by atoms with Crippen LogP contribution in [0.4, 0.5) is 5.82 Å². The first-order chi connectivity index (χ1) is 13.3. The molecule has 1 N–H and O–H groups in total.